The summed E-state index contributed by atoms with van der Waals surface area (Å²) < 4.78 is 2.56. The maximum atomic E-state index is 11.5. The van der Waals surface area contributed by atoms with Crippen LogP contribution < -0.4 is 5.32 Å². The van der Waals surface area contributed by atoms with Crippen LogP contribution in [0.2, 0.25) is 0 Å². The van der Waals surface area contributed by atoms with E-state index in [2.05, 4.69) is 31.3 Å². The Bertz CT molecular complexity index is 625. The van der Waals surface area contributed by atoms with Crippen LogP contribution >= 0.6 is 15.9 Å². The first-order valence-electron chi connectivity index (χ1n) is 7.00. The number of halogens is 1. The molecule has 0 saturated heterocycles. The van der Waals surface area contributed by atoms with E-state index in [0.29, 0.717) is 0 Å². The van der Waals surface area contributed by atoms with Gasteiger partial charge in [-0.05, 0) is 48.3 Å². The van der Waals surface area contributed by atoms with E-state index < -0.39 is 0 Å². The van der Waals surface area contributed by atoms with Crippen molar-refractivity contribution < 1.29 is 4.79 Å². The van der Waals surface area contributed by atoms with Crippen molar-refractivity contribution in [2.45, 2.75) is 33.2 Å². The quantitative estimate of drug-likeness (QED) is 0.810. The van der Waals surface area contributed by atoms with E-state index in [1.165, 1.54) is 0 Å². The molecular formula is C14H20BrN5O. The molecule has 0 bridgehead atoms. The minimum atomic E-state index is 0.117. The monoisotopic (exact) mass is 353 g/mol. The Balaban J connectivity index is 1.87. The number of anilines is 1. The lowest BCUT2D eigenvalue weighted by Gasteiger charge is -2.25. The average Bonchev–Trinajstić information content (AvgIpc) is 2.79. The van der Waals surface area contributed by atoms with Crippen molar-refractivity contribution in [3.8, 4) is 0 Å². The summed E-state index contributed by atoms with van der Waals surface area (Å²) in [5.41, 5.74) is 0.801. The molecule has 0 saturated carbocycles. The summed E-state index contributed by atoms with van der Waals surface area (Å²) in [6.45, 7) is 7.18. The molecule has 0 aliphatic carbocycles. The molecule has 0 fully saturated rings. The van der Waals surface area contributed by atoms with E-state index in [1.54, 1.807) is 17.6 Å². The van der Waals surface area contributed by atoms with Gasteiger partial charge in [0.15, 0.2) is 5.65 Å². The highest BCUT2D eigenvalue weighted by atomic mass is 79.9. The van der Waals surface area contributed by atoms with Crippen molar-refractivity contribution >= 4 is 33.3 Å². The zero-order chi connectivity index (χ0) is 15.4. The molecule has 0 aliphatic heterocycles. The maximum Gasteiger partial charge on any atom is 0.219 e. The molecule has 0 spiro atoms. The highest BCUT2D eigenvalue weighted by molar-refractivity contribution is 9.10. The fourth-order valence-electron chi connectivity index (χ4n) is 2.18. The Kier molecular flexibility index (Phi) is 5.17. The molecule has 1 N–H and O–H groups in total. The summed E-state index contributed by atoms with van der Waals surface area (Å²) >= 11 is 3.40. The number of imidazole rings is 1. The van der Waals surface area contributed by atoms with Crippen LogP contribution in [0.25, 0.3) is 5.65 Å². The van der Waals surface area contributed by atoms with Crippen LogP contribution in [0.3, 0.4) is 0 Å². The molecule has 2 aromatic heterocycles. The molecule has 0 atom stereocenters. The molecule has 0 radical (unpaired) electrons. The molecule has 0 aliphatic rings. The molecule has 2 rings (SSSR count). The summed E-state index contributed by atoms with van der Waals surface area (Å²) in [4.78, 5) is 17.5. The number of fused-ring (bicyclic) bond motifs is 1. The van der Waals surface area contributed by atoms with Gasteiger partial charge in [-0.2, -0.15) is 0 Å². The highest BCUT2D eigenvalue weighted by Gasteiger charge is 2.11. The Morgan fingerprint density at radius 1 is 1.48 bits per heavy atom. The minimum absolute atomic E-state index is 0.117. The molecule has 0 aromatic carbocycles. The van der Waals surface area contributed by atoms with E-state index >= 15 is 0 Å². The van der Waals surface area contributed by atoms with Crippen LogP contribution in [0, 0.1) is 0 Å². The normalized spacial score (nSPS) is 11.1. The van der Waals surface area contributed by atoms with Crippen LogP contribution in [-0.4, -0.2) is 44.5 Å². The van der Waals surface area contributed by atoms with Crippen molar-refractivity contribution in [2.75, 3.05) is 18.4 Å². The molecule has 2 heterocycles. The smallest absolute Gasteiger partial charge is 0.219 e. The van der Waals surface area contributed by atoms with Gasteiger partial charge in [0, 0.05) is 26.1 Å². The zero-order valence-corrected chi connectivity index (χ0v) is 14.1. The van der Waals surface area contributed by atoms with Gasteiger partial charge in [0.2, 0.25) is 5.91 Å². The zero-order valence-electron chi connectivity index (χ0n) is 12.5. The first-order valence-corrected chi connectivity index (χ1v) is 7.79. The molecular weight excluding hydrogens is 334 g/mol. The molecule has 7 heteroatoms. The number of carbonyl (C=O) groups excluding carboxylic acids is 1. The molecule has 6 nitrogen and oxygen atoms in total. The van der Waals surface area contributed by atoms with Crippen LogP contribution in [0.1, 0.15) is 27.2 Å². The van der Waals surface area contributed by atoms with Crippen LogP contribution in [0.5, 0.6) is 0 Å². The Morgan fingerprint density at radius 3 is 2.90 bits per heavy atom. The van der Waals surface area contributed by atoms with Gasteiger partial charge in [-0.15, -0.1) is 5.10 Å². The fraction of sp³-hybridized carbons (Fsp3) is 0.500. The Morgan fingerprint density at radius 2 is 2.24 bits per heavy atom. The average molecular weight is 354 g/mol. The van der Waals surface area contributed by atoms with Crippen molar-refractivity contribution in [1.29, 1.82) is 0 Å². The highest BCUT2D eigenvalue weighted by Crippen LogP contribution is 2.13. The Hall–Kier alpha value is -1.63. The SMILES string of the molecule is CC(=O)N(CCCNc1ccc2ncc(Br)n2n1)C(C)C. The van der Waals surface area contributed by atoms with E-state index in [0.717, 1.165) is 35.6 Å². The first kappa shape index (κ1) is 15.8. The van der Waals surface area contributed by atoms with Gasteiger partial charge in [-0.25, -0.2) is 9.50 Å². The van der Waals surface area contributed by atoms with E-state index in [4.69, 9.17) is 0 Å². The molecule has 2 aromatic rings. The molecule has 114 valence electrons. The lowest BCUT2D eigenvalue weighted by Crippen LogP contribution is -2.36. The molecule has 0 unspecified atom stereocenters. The number of nitrogens with zero attached hydrogens (tertiary/aromatic N) is 4. The van der Waals surface area contributed by atoms with Gasteiger partial charge in [0.1, 0.15) is 10.4 Å². The van der Waals surface area contributed by atoms with E-state index in [-0.39, 0.29) is 11.9 Å². The van der Waals surface area contributed by atoms with Gasteiger partial charge in [-0.1, -0.05) is 0 Å². The standard InChI is InChI=1S/C14H20BrN5O/c1-10(2)19(11(3)21)8-4-7-16-13-5-6-14-17-9-12(15)20(14)18-13/h5-6,9-10H,4,7-8H2,1-3H3,(H,16,18). The summed E-state index contributed by atoms with van der Waals surface area (Å²) in [5, 5.41) is 7.71. The summed E-state index contributed by atoms with van der Waals surface area (Å²) in [6, 6.07) is 4.05. The van der Waals surface area contributed by atoms with Crippen LogP contribution in [0.4, 0.5) is 5.82 Å². The number of hydrogen-bond acceptors (Lipinski definition) is 4. The third-order valence-corrected chi connectivity index (χ3v) is 3.77. The van der Waals surface area contributed by atoms with Gasteiger partial charge in [0.25, 0.3) is 0 Å². The number of rotatable bonds is 6. The topological polar surface area (TPSA) is 62.5 Å². The third kappa shape index (κ3) is 3.93. The van der Waals surface area contributed by atoms with Crippen molar-refractivity contribution in [2.24, 2.45) is 0 Å². The second kappa shape index (κ2) is 6.89. The lowest BCUT2D eigenvalue weighted by atomic mass is 10.3. The van der Waals surface area contributed by atoms with Gasteiger partial charge in [-0.3, -0.25) is 4.79 Å². The van der Waals surface area contributed by atoms with Crippen LogP contribution in [-0.2, 0) is 4.79 Å². The third-order valence-electron chi connectivity index (χ3n) is 3.23. The second-order valence-corrected chi connectivity index (χ2v) is 5.97. The van der Waals surface area contributed by atoms with Gasteiger partial charge in [0.05, 0.1) is 6.20 Å². The van der Waals surface area contributed by atoms with Gasteiger partial charge >= 0.3 is 0 Å². The second-order valence-electron chi connectivity index (χ2n) is 5.16. The number of hydrogen-bond donors (Lipinski definition) is 1. The largest absolute Gasteiger partial charge is 0.369 e. The van der Waals surface area contributed by atoms with Crippen molar-refractivity contribution in [3.05, 3.63) is 22.9 Å². The molecule has 1 amide bonds. The maximum absolute atomic E-state index is 11.5. The predicted octanol–water partition coefficient (Wildman–Crippen LogP) is 2.55. The summed E-state index contributed by atoms with van der Waals surface area (Å²) in [5.74, 6) is 0.909. The number of amides is 1. The predicted molar refractivity (Wildman–Crippen MR) is 86.3 cm³/mol. The van der Waals surface area contributed by atoms with Crippen molar-refractivity contribution in [1.82, 2.24) is 19.5 Å². The van der Waals surface area contributed by atoms with E-state index in [1.807, 2.05) is 30.9 Å². The number of carbonyl (C=O) groups is 1. The lowest BCUT2D eigenvalue weighted by molar-refractivity contribution is -0.130. The number of nitrogens with one attached hydrogen (secondary N) is 1. The number of aromatic nitrogens is 3. The van der Waals surface area contributed by atoms with Crippen molar-refractivity contribution in [3.63, 3.8) is 0 Å². The summed E-state index contributed by atoms with van der Waals surface area (Å²) in [6.07, 6.45) is 2.60. The van der Waals surface area contributed by atoms with Gasteiger partial charge < -0.3 is 10.2 Å². The first-order chi connectivity index (χ1) is 9.99. The summed E-state index contributed by atoms with van der Waals surface area (Å²) in [7, 11) is 0. The Labute approximate surface area is 132 Å². The van der Waals surface area contributed by atoms with Crippen LogP contribution in [0.15, 0.2) is 22.9 Å². The minimum Gasteiger partial charge on any atom is -0.369 e. The van der Waals surface area contributed by atoms with E-state index in [9.17, 15) is 4.79 Å². The molecule has 21 heavy (non-hydrogen) atoms. The fourth-order valence-corrected chi connectivity index (χ4v) is 2.55.